The number of hydrogen-bond acceptors (Lipinski definition) is 6. The maximum atomic E-state index is 13.1. The molecule has 2 aromatic rings. The molecule has 8 nitrogen and oxygen atoms in total. The third-order valence-corrected chi connectivity index (χ3v) is 4.48. The Morgan fingerprint density at radius 1 is 1.27 bits per heavy atom. The fourth-order valence-corrected chi connectivity index (χ4v) is 3.21. The highest BCUT2D eigenvalue weighted by molar-refractivity contribution is 5.78. The molecule has 0 aromatic carbocycles. The number of hydrogen-bond donors (Lipinski definition) is 0. The molecule has 1 saturated heterocycles. The van der Waals surface area contributed by atoms with Gasteiger partial charge in [-0.3, -0.25) is 14.6 Å². The second-order valence-electron chi connectivity index (χ2n) is 6.91. The molecule has 1 aliphatic rings. The number of carbonyl (C=O) groups excluding carboxylic acids is 1. The SMILES string of the molecule is COCC(=O)N1CCN(c2nc3ccncc3n(CC(C)C)c2=O)CC1. The topological polar surface area (TPSA) is 80.6 Å². The summed E-state index contributed by atoms with van der Waals surface area (Å²) >= 11 is 0. The van der Waals surface area contributed by atoms with Crippen molar-refractivity contribution in [3.05, 3.63) is 28.8 Å². The number of pyridine rings is 1. The highest BCUT2D eigenvalue weighted by Crippen LogP contribution is 2.16. The Balaban J connectivity index is 1.90. The first-order valence-corrected chi connectivity index (χ1v) is 8.87. The fraction of sp³-hybridized carbons (Fsp3) is 0.556. The van der Waals surface area contributed by atoms with Crippen LogP contribution in [0.1, 0.15) is 13.8 Å². The lowest BCUT2D eigenvalue weighted by Gasteiger charge is -2.35. The van der Waals surface area contributed by atoms with Gasteiger partial charge in [0.1, 0.15) is 6.61 Å². The molecule has 3 rings (SSSR count). The minimum atomic E-state index is -0.101. The highest BCUT2D eigenvalue weighted by atomic mass is 16.5. The smallest absolute Gasteiger partial charge is 0.294 e. The van der Waals surface area contributed by atoms with Crippen molar-refractivity contribution in [1.29, 1.82) is 0 Å². The van der Waals surface area contributed by atoms with Crippen molar-refractivity contribution >= 4 is 22.8 Å². The van der Waals surface area contributed by atoms with Gasteiger partial charge in [-0.2, -0.15) is 0 Å². The van der Waals surface area contributed by atoms with Crippen molar-refractivity contribution in [2.75, 3.05) is 44.8 Å². The molecule has 0 N–H and O–H groups in total. The Hall–Kier alpha value is -2.48. The van der Waals surface area contributed by atoms with Crippen LogP contribution in [-0.2, 0) is 16.1 Å². The van der Waals surface area contributed by atoms with Crippen LogP contribution in [-0.4, -0.2) is 65.2 Å². The van der Waals surface area contributed by atoms with Crippen LogP contribution < -0.4 is 10.5 Å². The summed E-state index contributed by atoms with van der Waals surface area (Å²) in [6.45, 7) is 7.13. The van der Waals surface area contributed by atoms with E-state index in [2.05, 4.69) is 23.8 Å². The zero-order valence-corrected chi connectivity index (χ0v) is 15.5. The molecule has 0 atom stereocenters. The Labute approximate surface area is 152 Å². The van der Waals surface area contributed by atoms with Crippen LogP contribution in [0.25, 0.3) is 11.0 Å². The molecule has 0 unspecified atom stereocenters. The molecule has 0 saturated carbocycles. The Bertz CT molecular complexity index is 840. The molecular formula is C18H25N5O3. The van der Waals surface area contributed by atoms with Crippen LogP contribution in [0.3, 0.4) is 0 Å². The maximum Gasteiger partial charge on any atom is 0.294 e. The molecule has 2 aromatic heterocycles. The number of nitrogens with zero attached hydrogens (tertiary/aromatic N) is 5. The van der Waals surface area contributed by atoms with Gasteiger partial charge in [0.2, 0.25) is 5.91 Å². The van der Waals surface area contributed by atoms with Gasteiger partial charge in [0.05, 0.1) is 17.2 Å². The normalized spacial score (nSPS) is 15.1. The average Bonchev–Trinajstić information content (AvgIpc) is 2.64. The van der Waals surface area contributed by atoms with Gasteiger partial charge in [0.25, 0.3) is 5.56 Å². The molecule has 0 aliphatic carbocycles. The van der Waals surface area contributed by atoms with Gasteiger partial charge in [-0.25, -0.2) is 4.98 Å². The van der Waals surface area contributed by atoms with Crippen LogP contribution in [0, 0.1) is 5.92 Å². The van der Waals surface area contributed by atoms with Gasteiger partial charge < -0.3 is 19.1 Å². The summed E-state index contributed by atoms with van der Waals surface area (Å²) < 4.78 is 6.67. The van der Waals surface area contributed by atoms with Crippen LogP contribution in [0.4, 0.5) is 5.82 Å². The molecule has 1 aliphatic heterocycles. The quantitative estimate of drug-likeness (QED) is 0.783. The first kappa shape index (κ1) is 18.3. The summed E-state index contributed by atoms with van der Waals surface area (Å²) in [5, 5.41) is 0. The number of piperazine rings is 1. The predicted molar refractivity (Wildman–Crippen MR) is 99.3 cm³/mol. The molecule has 1 amide bonds. The first-order valence-electron chi connectivity index (χ1n) is 8.87. The Morgan fingerprint density at radius 2 is 2.00 bits per heavy atom. The number of fused-ring (bicyclic) bond motifs is 1. The summed E-state index contributed by atoms with van der Waals surface area (Å²) in [6, 6.07) is 1.83. The van der Waals surface area contributed by atoms with Crippen molar-refractivity contribution in [3.63, 3.8) is 0 Å². The lowest BCUT2D eigenvalue weighted by molar-refractivity contribution is -0.135. The van der Waals surface area contributed by atoms with E-state index in [9.17, 15) is 9.59 Å². The van der Waals surface area contributed by atoms with Crippen molar-refractivity contribution in [3.8, 4) is 0 Å². The maximum absolute atomic E-state index is 13.1. The highest BCUT2D eigenvalue weighted by Gasteiger charge is 2.24. The predicted octanol–water partition coefficient (Wildman–Crippen LogP) is 0.742. The zero-order chi connectivity index (χ0) is 18.7. The second-order valence-corrected chi connectivity index (χ2v) is 6.91. The van der Waals surface area contributed by atoms with Crippen LogP contribution in [0.2, 0.25) is 0 Å². The summed E-state index contributed by atoms with van der Waals surface area (Å²) in [5.41, 5.74) is 1.41. The molecule has 0 radical (unpaired) electrons. The van der Waals surface area contributed by atoms with Crippen LogP contribution >= 0.6 is 0 Å². The van der Waals surface area contributed by atoms with E-state index in [-0.39, 0.29) is 18.1 Å². The molecular weight excluding hydrogens is 334 g/mol. The fourth-order valence-electron chi connectivity index (χ4n) is 3.21. The molecule has 1 fully saturated rings. The van der Waals surface area contributed by atoms with Gasteiger partial charge in [-0.1, -0.05) is 13.8 Å². The largest absolute Gasteiger partial charge is 0.375 e. The molecule has 8 heteroatoms. The van der Waals surface area contributed by atoms with E-state index in [4.69, 9.17) is 4.74 Å². The van der Waals surface area contributed by atoms with Crippen LogP contribution in [0.15, 0.2) is 23.3 Å². The molecule has 26 heavy (non-hydrogen) atoms. The van der Waals surface area contributed by atoms with E-state index in [0.29, 0.717) is 44.5 Å². The third kappa shape index (κ3) is 3.70. The number of ether oxygens (including phenoxy) is 1. The van der Waals surface area contributed by atoms with E-state index in [1.165, 1.54) is 7.11 Å². The van der Waals surface area contributed by atoms with E-state index in [1.807, 2.05) is 11.0 Å². The molecule has 0 bridgehead atoms. The van der Waals surface area contributed by atoms with Crippen LogP contribution in [0.5, 0.6) is 0 Å². The monoisotopic (exact) mass is 359 g/mol. The molecule has 3 heterocycles. The standard InChI is InChI=1S/C18H25N5O3/c1-13(2)11-23-15-10-19-5-4-14(15)20-17(18(23)25)22-8-6-21(7-9-22)16(24)12-26-3/h4-5,10,13H,6-9,11-12H2,1-3H3. The number of carbonyl (C=O) groups is 1. The zero-order valence-electron chi connectivity index (χ0n) is 15.5. The van der Waals surface area contributed by atoms with E-state index >= 15 is 0 Å². The van der Waals surface area contributed by atoms with E-state index in [1.54, 1.807) is 21.9 Å². The summed E-state index contributed by atoms with van der Waals surface area (Å²) in [5.74, 6) is 0.750. The lowest BCUT2D eigenvalue weighted by Crippen LogP contribution is -2.51. The van der Waals surface area contributed by atoms with Gasteiger partial charge in [0.15, 0.2) is 5.82 Å². The Morgan fingerprint density at radius 3 is 2.65 bits per heavy atom. The minimum Gasteiger partial charge on any atom is -0.375 e. The van der Waals surface area contributed by atoms with E-state index < -0.39 is 0 Å². The summed E-state index contributed by atoms with van der Waals surface area (Å²) in [4.78, 5) is 37.5. The average molecular weight is 359 g/mol. The second kappa shape index (κ2) is 7.82. The number of anilines is 1. The van der Waals surface area contributed by atoms with Gasteiger partial charge in [-0.15, -0.1) is 0 Å². The molecule has 0 spiro atoms. The number of amides is 1. The van der Waals surface area contributed by atoms with Gasteiger partial charge in [-0.05, 0) is 12.0 Å². The number of methoxy groups -OCH3 is 1. The van der Waals surface area contributed by atoms with Crippen molar-refractivity contribution in [2.24, 2.45) is 5.92 Å². The minimum absolute atomic E-state index is 0.0260. The first-order chi connectivity index (χ1) is 12.5. The van der Waals surface area contributed by atoms with Gasteiger partial charge in [0, 0.05) is 46.0 Å². The number of rotatable bonds is 5. The van der Waals surface area contributed by atoms with Crippen molar-refractivity contribution < 1.29 is 9.53 Å². The van der Waals surface area contributed by atoms with Crippen molar-refractivity contribution in [2.45, 2.75) is 20.4 Å². The van der Waals surface area contributed by atoms with Gasteiger partial charge >= 0.3 is 0 Å². The summed E-state index contributed by atoms with van der Waals surface area (Å²) in [7, 11) is 1.51. The lowest BCUT2D eigenvalue weighted by atomic mass is 10.2. The third-order valence-electron chi connectivity index (χ3n) is 4.48. The van der Waals surface area contributed by atoms with Crippen molar-refractivity contribution in [1.82, 2.24) is 19.4 Å². The number of aromatic nitrogens is 3. The van der Waals surface area contributed by atoms with E-state index in [0.717, 1.165) is 11.0 Å². The Kier molecular flexibility index (Phi) is 5.51. The molecule has 140 valence electrons. The summed E-state index contributed by atoms with van der Waals surface area (Å²) in [6.07, 6.45) is 3.38.